The predicted octanol–water partition coefficient (Wildman–Crippen LogP) is 2.34. The van der Waals surface area contributed by atoms with E-state index in [4.69, 9.17) is 5.73 Å². The zero-order valence-electron chi connectivity index (χ0n) is 9.10. The van der Waals surface area contributed by atoms with E-state index in [0.29, 0.717) is 12.2 Å². The average molecular weight is 241 g/mol. The highest BCUT2D eigenvalue weighted by Crippen LogP contribution is 2.30. The molecule has 0 unspecified atom stereocenters. The molecule has 0 aliphatic rings. The molecule has 0 saturated carbocycles. The molecule has 0 saturated heterocycles. The number of nitrogens with zero attached hydrogens (tertiary/aromatic N) is 1. The summed E-state index contributed by atoms with van der Waals surface area (Å²) in [6, 6.07) is 4.91. The van der Waals surface area contributed by atoms with Crippen molar-refractivity contribution in [2.45, 2.75) is 6.42 Å². The third-order valence-electron chi connectivity index (χ3n) is 2.09. The van der Waals surface area contributed by atoms with Gasteiger partial charge in [-0.25, -0.2) is 0 Å². The molecule has 1 rings (SSSR count). The monoisotopic (exact) mass is 241 g/mol. The fourth-order valence-corrected chi connectivity index (χ4v) is 1.78. The maximum absolute atomic E-state index is 10.8. The van der Waals surface area contributed by atoms with Gasteiger partial charge in [0.15, 0.2) is 0 Å². The van der Waals surface area contributed by atoms with Crippen molar-refractivity contribution in [1.29, 1.82) is 0 Å². The normalized spacial score (nSPS) is 10.1. The lowest BCUT2D eigenvalue weighted by Crippen LogP contribution is -2.06. The van der Waals surface area contributed by atoms with Crippen molar-refractivity contribution in [1.82, 2.24) is 0 Å². The van der Waals surface area contributed by atoms with E-state index in [1.807, 2.05) is 6.26 Å². The number of hydrogen-bond acceptors (Lipinski definition) is 5. The molecule has 0 radical (unpaired) electrons. The summed E-state index contributed by atoms with van der Waals surface area (Å²) in [5, 5.41) is 13.8. The number of rotatable bonds is 6. The number of para-hydroxylation sites is 1. The third kappa shape index (κ3) is 3.30. The first-order chi connectivity index (χ1) is 7.66. The van der Waals surface area contributed by atoms with Crippen LogP contribution in [0.3, 0.4) is 0 Å². The highest BCUT2D eigenvalue weighted by Gasteiger charge is 2.16. The van der Waals surface area contributed by atoms with Crippen molar-refractivity contribution in [2.75, 3.05) is 29.6 Å². The smallest absolute Gasteiger partial charge is 0.314 e. The molecule has 0 aliphatic heterocycles. The number of nitrogens with two attached hydrogens (primary N) is 1. The van der Waals surface area contributed by atoms with Gasteiger partial charge in [0.25, 0.3) is 0 Å². The minimum Gasteiger partial charge on any atom is -0.393 e. The van der Waals surface area contributed by atoms with Crippen LogP contribution in [0.4, 0.5) is 17.1 Å². The van der Waals surface area contributed by atoms with Gasteiger partial charge in [0.05, 0.1) is 4.92 Å². The van der Waals surface area contributed by atoms with E-state index in [1.54, 1.807) is 23.9 Å². The number of nitro benzene ring substituents is 1. The number of nitro groups is 1. The van der Waals surface area contributed by atoms with E-state index in [9.17, 15) is 10.1 Å². The second kappa shape index (κ2) is 6.22. The molecule has 0 aromatic heterocycles. The Hall–Kier alpha value is -1.43. The molecular weight excluding hydrogens is 226 g/mol. The first-order valence-corrected chi connectivity index (χ1v) is 6.32. The van der Waals surface area contributed by atoms with Crippen LogP contribution in [0.2, 0.25) is 0 Å². The van der Waals surface area contributed by atoms with Crippen LogP contribution in [0, 0.1) is 10.1 Å². The Bertz CT molecular complexity index is 371. The van der Waals surface area contributed by atoms with Crippen LogP contribution < -0.4 is 11.1 Å². The summed E-state index contributed by atoms with van der Waals surface area (Å²) in [7, 11) is 0. The van der Waals surface area contributed by atoms with Crippen LogP contribution >= 0.6 is 11.8 Å². The predicted molar refractivity (Wildman–Crippen MR) is 69.0 cm³/mol. The Labute approximate surface area is 98.6 Å². The van der Waals surface area contributed by atoms with Gasteiger partial charge in [-0.15, -0.1) is 0 Å². The second-order valence-corrected chi connectivity index (χ2v) is 4.26. The van der Waals surface area contributed by atoms with E-state index in [-0.39, 0.29) is 11.4 Å². The van der Waals surface area contributed by atoms with E-state index >= 15 is 0 Å². The van der Waals surface area contributed by atoms with Crippen LogP contribution in [0.15, 0.2) is 18.2 Å². The number of nitrogens with one attached hydrogen (secondary N) is 1. The summed E-state index contributed by atoms with van der Waals surface area (Å²) in [6.45, 7) is 0.713. The Balaban J connectivity index is 2.71. The molecular formula is C10H15N3O2S. The average Bonchev–Trinajstić information content (AvgIpc) is 2.24. The SMILES string of the molecule is CSCCCNc1cccc(N)c1[N+](=O)[O-]. The fraction of sp³-hybridized carbons (Fsp3) is 0.400. The number of nitrogen functional groups attached to an aromatic ring is 1. The van der Waals surface area contributed by atoms with Gasteiger partial charge in [-0.2, -0.15) is 11.8 Å². The summed E-state index contributed by atoms with van der Waals surface area (Å²) >= 11 is 1.75. The summed E-state index contributed by atoms with van der Waals surface area (Å²) in [5.41, 5.74) is 6.22. The van der Waals surface area contributed by atoms with Crippen molar-refractivity contribution in [3.63, 3.8) is 0 Å². The number of anilines is 2. The molecule has 5 nitrogen and oxygen atoms in total. The molecule has 0 amide bonds. The molecule has 0 heterocycles. The van der Waals surface area contributed by atoms with Gasteiger partial charge >= 0.3 is 5.69 Å². The molecule has 6 heteroatoms. The lowest BCUT2D eigenvalue weighted by atomic mass is 10.2. The molecule has 0 aliphatic carbocycles. The zero-order valence-corrected chi connectivity index (χ0v) is 9.92. The summed E-state index contributed by atoms with van der Waals surface area (Å²) < 4.78 is 0. The minimum atomic E-state index is -0.452. The lowest BCUT2D eigenvalue weighted by molar-refractivity contribution is -0.383. The van der Waals surface area contributed by atoms with Crippen LogP contribution in [0.25, 0.3) is 0 Å². The summed E-state index contributed by atoms with van der Waals surface area (Å²) in [6.07, 6.45) is 3.00. The van der Waals surface area contributed by atoms with E-state index in [0.717, 1.165) is 12.2 Å². The van der Waals surface area contributed by atoms with Gasteiger partial charge in [0.2, 0.25) is 0 Å². The van der Waals surface area contributed by atoms with Crippen molar-refractivity contribution >= 4 is 28.8 Å². The standard InChI is InChI=1S/C10H15N3O2S/c1-16-7-3-6-12-9-5-2-4-8(11)10(9)13(14)15/h2,4-5,12H,3,6-7,11H2,1H3. The van der Waals surface area contributed by atoms with Crippen LogP contribution in [-0.2, 0) is 0 Å². The van der Waals surface area contributed by atoms with E-state index in [2.05, 4.69) is 5.32 Å². The maximum atomic E-state index is 10.8. The highest BCUT2D eigenvalue weighted by molar-refractivity contribution is 7.98. The number of hydrogen-bond donors (Lipinski definition) is 2. The van der Waals surface area contributed by atoms with Crippen molar-refractivity contribution in [2.24, 2.45) is 0 Å². The molecule has 16 heavy (non-hydrogen) atoms. The number of benzene rings is 1. The minimum absolute atomic E-state index is 0.0355. The van der Waals surface area contributed by atoms with Crippen molar-refractivity contribution in [3.05, 3.63) is 28.3 Å². The largest absolute Gasteiger partial charge is 0.393 e. The maximum Gasteiger partial charge on any atom is 0.314 e. The Kier molecular flexibility index (Phi) is 4.91. The Morgan fingerprint density at radius 3 is 2.94 bits per heavy atom. The fourth-order valence-electron chi connectivity index (χ4n) is 1.35. The van der Waals surface area contributed by atoms with Crippen LogP contribution in [0.1, 0.15) is 6.42 Å². The molecule has 0 bridgehead atoms. The van der Waals surface area contributed by atoms with Gasteiger partial charge in [-0.3, -0.25) is 10.1 Å². The van der Waals surface area contributed by atoms with Gasteiger partial charge in [-0.1, -0.05) is 6.07 Å². The van der Waals surface area contributed by atoms with Crippen LogP contribution in [0.5, 0.6) is 0 Å². The molecule has 0 fully saturated rings. The van der Waals surface area contributed by atoms with Crippen LogP contribution in [-0.4, -0.2) is 23.5 Å². The zero-order chi connectivity index (χ0) is 12.0. The van der Waals surface area contributed by atoms with Crippen molar-refractivity contribution < 1.29 is 4.92 Å². The first kappa shape index (κ1) is 12.6. The molecule has 3 N–H and O–H groups in total. The second-order valence-electron chi connectivity index (χ2n) is 3.27. The molecule has 0 spiro atoms. The first-order valence-electron chi connectivity index (χ1n) is 4.92. The lowest BCUT2D eigenvalue weighted by Gasteiger charge is -2.07. The molecule has 88 valence electrons. The van der Waals surface area contributed by atoms with Gasteiger partial charge < -0.3 is 11.1 Å². The summed E-state index contributed by atoms with van der Waals surface area (Å²) in [4.78, 5) is 10.4. The Morgan fingerprint density at radius 1 is 1.56 bits per heavy atom. The molecule has 1 aromatic rings. The topological polar surface area (TPSA) is 81.2 Å². The third-order valence-corrected chi connectivity index (χ3v) is 2.79. The molecule has 0 atom stereocenters. The van der Waals surface area contributed by atoms with Gasteiger partial charge in [-0.05, 0) is 30.6 Å². The highest BCUT2D eigenvalue weighted by atomic mass is 32.2. The summed E-state index contributed by atoms with van der Waals surface area (Å²) in [5.74, 6) is 1.03. The Morgan fingerprint density at radius 2 is 2.31 bits per heavy atom. The van der Waals surface area contributed by atoms with Gasteiger partial charge in [0.1, 0.15) is 11.4 Å². The molecule has 1 aromatic carbocycles. The number of thioether (sulfide) groups is 1. The van der Waals surface area contributed by atoms with Crippen molar-refractivity contribution in [3.8, 4) is 0 Å². The van der Waals surface area contributed by atoms with Gasteiger partial charge in [0, 0.05) is 6.54 Å². The quantitative estimate of drug-likeness (QED) is 0.346. The van der Waals surface area contributed by atoms with E-state index in [1.165, 1.54) is 6.07 Å². The van der Waals surface area contributed by atoms with E-state index < -0.39 is 4.92 Å².